The summed E-state index contributed by atoms with van der Waals surface area (Å²) in [6, 6.07) is 10.6. The minimum Gasteiger partial charge on any atom is -0.380 e. The second kappa shape index (κ2) is 5.34. The highest BCUT2D eigenvalue weighted by Crippen LogP contribution is 2.47. The van der Waals surface area contributed by atoms with Crippen LogP contribution in [0.25, 0.3) is 0 Å². The van der Waals surface area contributed by atoms with Gasteiger partial charge in [-0.3, -0.25) is 0 Å². The van der Waals surface area contributed by atoms with Gasteiger partial charge in [-0.05, 0) is 54.2 Å². The van der Waals surface area contributed by atoms with Gasteiger partial charge in [0.25, 0.3) is 0 Å². The zero-order chi connectivity index (χ0) is 16.8. The smallest absolute Gasteiger partial charge is 0.380 e. The molecule has 0 heterocycles. The maximum absolute atomic E-state index is 13.5. The third-order valence-corrected chi connectivity index (χ3v) is 4.58. The van der Waals surface area contributed by atoms with E-state index in [9.17, 15) is 22.7 Å². The van der Waals surface area contributed by atoms with E-state index in [1.807, 2.05) is 0 Å². The highest BCUT2D eigenvalue weighted by Gasteiger charge is 2.56. The number of halogens is 4. The zero-order valence-electron chi connectivity index (χ0n) is 12.5. The maximum Gasteiger partial charge on any atom is 0.417 e. The first-order chi connectivity index (χ1) is 10.7. The first-order valence-corrected chi connectivity index (χ1v) is 7.37. The van der Waals surface area contributed by atoms with E-state index in [-0.39, 0.29) is 0 Å². The standard InChI is InChI=1S/C18H16F4O/c1-17(23,18(20,21)22)16-14-5-3-2-4-11(14)6-7-12-10-13(19)8-9-15(12)16/h2-5,8-10,16,23H,6-7H2,1H3. The Morgan fingerprint density at radius 3 is 2.26 bits per heavy atom. The third kappa shape index (κ3) is 2.63. The minimum absolute atomic E-state index is 0.332. The summed E-state index contributed by atoms with van der Waals surface area (Å²) in [6.45, 7) is 0.785. The van der Waals surface area contributed by atoms with Crippen LogP contribution in [-0.2, 0) is 12.8 Å². The van der Waals surface area contributed by atoms with Crippen molar-refractivity contribution in [2.75, 3.05) is 0 Å². The van der Waals surface area contributed by atoms with E-state index in [0.717, 1.165) is 18.6 Å². The quantitative estimate of drug-likeness (QED) is 0.772. The maximum atomic E-state index is 13.5. The van der Waals surface area contributed by atoms with Gasteiger partial charge in [0.05, 0.1) is 0 Å². The average molecular weight is 324 g/mol. The van der Waals surface area contributed by atoms with Gasteiger partial charge in [-0.15, -0.1) is 0 Å². The van der Waals surface area contributed by atoms with Crippen LogP contribution in [-0.4, -0.2) is 16.9 Å². The predicted octanol–water partition coefficient (Wildman–Crippen LogP) is 4.37. The molecular formula is C18H16F4O. The molecule has 0 aromatic heterocycles. The van der Waals surface area contributed by atoms with Gasteiger partial charge >= 0.3 is 6.18 Å². The van der Waals surface area contributed by atoms with Crippen LogP contribution in [0.1, 0.15) is 35.1 Å². The summed E-state index contributed by atoms with van der Waals surface area (Å²) in [5.41, 5.74) is -0.909. The first kappa shape index (κ1) is 16.0. The second-order valence-corrected chi connectivity index (χ2v) is 6.12. The fraction of sp³-hybridized carbons (Fsp3) is 0.333. The van der Waals surface area contributed by atoms with Crippen molar-refractivity contribution in [3.63, 3.8) is 0 Å². The van der Waals surface area contributed by atoms with E-state index in [4.69, 9.17) is 0 Å². The Kier molecular flexibility index (Phi) is 3.71. The number of fused-ring (bicyclic) bond motifs is 2. The monoisotopic (exact) mass is 324 g/mol. The zero-order valence-corrected chi connectivity index (χ0v) is 12.5. The summed E-state index contributed by atoms with van der Waals surface area (Å²) in [5.74, 6) is -1.77. The molecule has 1 N–H and O–H groups in total. The third-order valence-electron chi connectivity index (χ3n) is 4.58. The minimum atomic E-state index is -4.80. The van der Waals surface area contributed by atoms with Gasteiger partial charge in [-0.2, -0.15) is 13.2 Å². The number of alkyl halides is 3. The molecule has 2 aromatic rings. The Hall–Kier alpha value is -1.88. The molecular weight excluding hydrogens is 308 g/mol. The topological polar surface area (TPSA) is 20.2 Å². The lowest BCUT2D eigenvalue weighted by Crippen LogP contribution is -2.48. The molecule has 23 heavy (non-hydrogen) atoms. The van der Waals surface area contributed by atoms with Gasteiger partial charge < -0.3 is 5.11 Å². The molecule has 0 bridgehead atoms. The van der Waals surface area contributed by atoms with Crippen molar-refractivity contribution in [2.24, 2.45) is 0 Å². The highest BCUT2D eigenvalue weighted by molar-refractivity contribution is 5.47. The molecule has 3 rings (SSSR count). The average Bonchev–Trinajstić information content (AvgIpc) is 2.62. The molecule has 0 spiro atoms. The van der Waals surface area contributed by atoms with Crippen molar-refractivity contribution in [3.8, 4) is 0 Å². The molecule has 5 heteroatoms. The van der Waals surface area contributed by atoms with Gasteiger partial charge in [0.1, 0.15) is 5.82 Å². The second-order valence-electron chi connectivity index (χ2n) is 6.12. The molecule has 0 radical (unpaired) electrons. The lowest BCUT2D eigenvalue weighted by Gasteiger charge is -2.36. The van der Waals surface area contributed by atoms with Crippen molar-refractivity contribution >= 4 is 0 Å². The number of benzene rings is 2. The van der Waals surface area contributed by atoms with Crippen LogP contribution < -0.4 is 0 Å². The molecule has 1 aliphatic rings. The summed E-state index contributed by atoms with van der Waals surface area (Å²) in [4.78, 5) is 0. The summed E-state index contributed by atoms with van der Waals surface area (Å²) in [7, 11) is 0. The van der Waals surface area contributed by atoms with Crippen LogP contribution in [0, 0.1) is 5.82 Å². The van der Waals surface area contributed by atoms with Gasteiger partial charge in [-0.25, -0.2) is 4.39 Å². The van der Waals surface area contributed by atoms with Gasteiger partial charge in [-0.1, -0.05) is 30.3 Å². The number of hydrogen-bond acceptors (Lipinski definition) is 1. The van der Waals surface area contributed by atoms with E-state index in [1.54, 1.807) is 24.3 Å². The Balaban J connectivity index is 2.28. The van der Waals surface area contributed by atoms with E-state index in [0.29, 0.717) is 29.5 Å². The van der Waals surface area contributed by atoms with Crippen molar-refractivity contribution < 1.29 is 22.7 Å². The molecule has 2 unspecified atom stereocenters. The van der Waals surface area contributed by atoms with Crippen molar-refractivity contribution in [3.05, 3.63) is 70.5 Å². The number of aliphatic hydroxyl groups is 1. The van der Waals surface area contributed by atoms with Crippen LogP contribution in [0.3, 0.4) is 0 Å². The van der Waals surface area contributed by atoms with E-state index < -0.39 is 23.5 Å². The Morgan fingerprint density at radius 2 is 1.57 bits per heavy atom. The van der Waals surface area contributed by atoms with Gasteiger partial charge in [0.2, 0.25) is 0 Å². The van der Waals surface area contributed by atoms with Crippen LogP contribution in [0.4, 0.5) is 17.6 Å². The fourth-order valence-corrected chi connectivity index (χ4v) is 3.32. The predicted molar refractivity (Wildman–Crippen MR) is 78.8 cm³/mol. The SMILES string of the molecule is CC(O)(C1c2ccccc2CCc2cc(F)ccc21)C(F)(F)F. The van der Waals surface area contributed by atoms with Crippen LogP contribution in [0.15, 0.2) is 42.5 Å². The van der Waals surface area contributed by atoms with Gasteiger partial charge in [0, 0.05) is 5.92 Å². The first-order valence-electron chi connectivity index (χ1n) is 7.37. The molecule has 2 aromatic carbocycles. The molecule has 0 amide bonds. The molecule has 0 aliphatic heterocycles. The normalized spacial score (nSPS) is 20.2. The molecule has 0 saturated heterocycles. The van der Waals surface area contributed by atoms with Crippen molar-refractivity contribution in [2.45, 2.75) is 37.5 Å². The molecule has 0 saturated carbocycles. The molecule has 1 nitrogen and oxygen atoms in total. The van der Waals surface area contributed by atoms with Gasteiger partial charge in [0.15, 0.2) is 5.60 Å². The molecule has 1 aliphatic carbocycles. The Bertz CT molecular complexity index is 734. The number of aryl methyl sites for hydroxylation is 2. The summed E-state index contributed by atoms with van der Waals surface area (Å²) >= 11 is 0. The van der Waals surface area contributed by atoms with Crippen LogP contribution in [0.5, 0.6) is 0 Å². The highest BCUT2D eigenvalue weighted by atomic mass is 19.4. The summed E-state index contributed by atoms with van der Waals surface area (Å²) < 4.78 is 54.0. The lowest BCUT2D eigenvalue weighted by molar-refractivity contribution is -0.257. The molecule has 2 atom stereocenters. The molecule has 122 valence electrons. The van der Waals surface area contributed by atoms with E-state index in [2.05, 4.69) is 0 Å². The Morgan fingerprint density at radius 1 is 0.957 bits per heavy atom. The number of hydrogen-bond donors (Lipinski definition) is 1. The molecule has 0 fully saturated rings. The van der Waals surface area contributed by atoms with Crippen LogP contribution >= 0.6 is 0 Å². The largest absolute Gasteiger partial charge is 0.417 e. The summed E-state index contributed by atoms with van der Waals surface area (Å²) in [6.07, 6.45) is -3.85. The number of rotatable bonds is 1. The van der Waals surface area contributed by atoms with Crippen LogP contribution in [0.2, 0.25) is 0 Å². The Labute approximate surface area is 131 Å². The van der Waals surface area contributed by atoms with Crippen molar-refractivity contribution in [1.29, 1.82) is 0 Å². The fourth-order valence-electron chi connectivity index (χ4n) is 3.32. The van der Waals surface area contributed by atoms with E-state index in [1.165, 1.54) is 12.1 Å². The van der Waals surface area contributed by atoms with Crippen molar-refractivity contribution in [1.82, 2.24) is 0 Å². The van der Waals surface area contributed by atoms with E-state index >= 15 is 0 Å². The summed E-state index contributed by atoms with van der Waals surface area (Å²) in [5, 5.41) is 10.3. The lowest BCUT2D eigenvalue weighted by atomic mass is 9.76.